The monoisotopic (exact) mass is 492 g/mol. The van der Waals surface area contributed by atoms with E-state index in [-0.39, 0.29) is 24.7 Å². The lowest BCUT2D eigenvalue weighted by molar-refractivity contribution is -0.138. The average Bonchev–Trinajstić information content (AvgIpc) is 3.44. The highest BCUT2D eigenvalue weighted by atomic mass is 16.5. The maximum atomic E-state index is 13.5. The predicted molar refractivity (Wildman–Crippen MR) is 130 cm³/mol. The van der Waals surface area contributed by atoms with E-state index in [1.54, 1.807) is 36.4 Å². The van der Waals surface area contributed by atoms with Crippen LogP contribution in [-0.2, 0) is 27.3 Å². The van der Waals surface area contributed by atoms with E-state index in [2.05, 4.69) is 5.32 Å². The second-order valence-electron chi connectivity index (χ2n) is 9.41. The Kier molecular flexibility index (Phi) is 6.85. The molecule has 0 radical (unpaired) electrons. The molecule has 1 unspecified atom stereocenters. The van der Waals surface area contributed by atoms with E-state index in [4.69, 9.17) is 9.31 Å². The molecule has 0 bridgehead atoms. The van der Waals surface area contributed by atoms with Crippen molar-refractivity contribution in [2.75, 3.05) is 6.54 Å². The normalized spacial score (nSPS) is 20.6. The number of rotatable bonds is 6. The quantitative estimate of drug-likeness (QED) is 0.391. The van der Waals surface area contributed by atoms with Gasteiger partial charge in [-0.2, -0.15) is 0 Å². The molecule has 1 saturated carbocycles. The van der Waals surface area contributed by atoms with Gasteiger partial charge in [0.15, 0.2) is 0 Å². The molecule has 2 atom stereocenters. The smallest absolute Gasteiger partial charge is 0.480 e. The largest absolute Gasteiger partial charge is 0.491 e. The van der Waals surface area contributed by atoms with Gasteiger partial charge in [0.1, 0.15) is 6.54 Å². The first-order valence-corrected chi connectivity index (χ1v) is 12.0. The van der Waals surface area contributed by atoms with Crippen molar-refractivity contribution < 1.29 is 38.8 Å². The van der Waals surface area contributed by atoms with Gasteiger partial charge in [-0.05, 0) is 59.2 Å². The number of carbonyl (C=O) groups excluding carboxylic acids is 2. The highest BCUT2D eigenvalue weighted by molar-refractivity contribution is 6.62. The van der Waals surface area contributed by atoms with Crippen LogP contribution >= 0.6 is 0 Å². The summed E-state index contributed by atoms with van der Waals surface area (Å²) < 4.78 is 10.4. The fraction of sp³-hybridized carbons (Fsp3) is 0.375. The SMILES string of the molecule is O=C(O)CN(C(=O)c1ccc2c(c1)B(O)OC2)C1CCCC[C@@H]1NC(=O)c1ccc2c(c1)B(O)OC2. The van der Waals surface area contributed by atoms with Crippen molar-refractivity contribution in [3.8, 4) is 0 Å². The fourth-order valence-electron chi connectivity index (χ4n) is 5.26. The van der Waals surface area contributed by atoms with E-state index >= 15 is 0 Å². The Morgan fingerprint density at radius 2 is 1.50 bits per heavy atom. The molecule has 2 aromatic carbocycles. The van der Waals surface area contributed by atoms with Gasteiger partial charge in [-0.3, -0.25) is 14.4 Å². The van der Waals surface area contributed by atoms with Crippen LogP contribution in [0, 0.1) is 0 Å². The minimum Gasteiger partial charge on any atom is -0.480 e. The van der Waals surface area contributed by atoms with E-state index < -0.39 is 44.7 Å². The third-order valence-electron chi connectivity index (χ3n) is 7.14. The number of hydrogen-bond acceptors (Lipinski definition) is 7. The summed E-state index contributed by atoms with van der Waals surface area (Å²) in [5.41, 5.74) is 3.24. The highest BCUT2D eigenvalue weighted by Gasteiger charge is 2.37. The summed E-state index contributed by atoms with van der Waals surface area (Å²) in [5.74, 6) is -2.01. The van der Waals surface area contributed by atoms with Gasteiger partial charge < -0.3 is 34.7 Å². The van der Waals surface area contributed by atoms with Gasteiger partial charge in [0.2, 0.25) is 0 Å². The number of aliphatic carboxylic acids is 1. The average molecular weight is 492 g/mol. The topological polar surface area (TPSA) is 146 Å². The third-order valence-corrected chi connectivity index (χ3v) is 7.14. The summed E-state index contributed by atoms with van der Waals surface area (Å²) >= 11 is 0. The molecule has 0 spiro atoms. The van der Waals surface area contributed by atoms with E-state index in [1.807, 2.05) is 0 Å². The van der Waals surface area contributed by atoms with Gasteiger partial charge in [0.25, 0.3) is 11.8 Å². The fourth-order valence-corrected chi connectivity index (χ4v) is 5.26. The molecule has 0 aromatic heterocycles. The first-order chi connectivity index (χ1) is 17.3. The van der Waals surface area contributed by atoms with Crippen LogP contribution in [0.5, 0.6) is 0 Å². The van der Waals surface area contributed by atoms with Crippen LogP contribution in [0.4, 0.5) is 0 Å². The van der Waals surface area contributed by atoms with Crippen molar-refractivity contribution in [2.45, 2.75) is 51.0 Å². The van der Waals surface area contributed by atoms with Crippen molar-refractivity contribution >= 4 is 42.9 Å². The van der Waals surface area contributed by atoms with Gasteiger partial charge in [-0.1, -0.05) is 25.0 Å². The summed E-state index contributed by atoms with van der Waals surface area (Å²) in [6.07, 6.45) is 2.75. The number of benzene rings is 2. The third kappa shape index (κ3) is 4.77. The lowest BCUT2D eigenvalue weighted by atomic mass is 9.78. The number of carboxylic acids is 1. The first-order valence-electron chi connectivity index (χ1n) is 12.0. The van der Waals surface area contributed by atoms with E-state index in [1.165, 1.54) is 4.90 Å². The lowest BCUT2D eigenvalue weighted by Gasteiger charge is -2.39. The summed E-state index contributed by atoms with van der Waals surface area (Å²) in [7, 11) is -2.20. The highest BCUT2D eigenvalue weighted by Crippen LogP contribution is 2.26. The Labute approximate surface area is 208 Å². The number of nitrogens with one attached hydrogen (secondary N) is 1. The first kappa shape index (κ1) is 24.5. The molecule has 5 rings (SSSR count). The molecular formula is C24H26B2N2O8. The van der Waals surface area contributed by atoms with Gasteiger partial charge in [0, 0.05) is 17.2 Å². The Balaban J connectivity index is 1.38. The van der Waals surface area contributed by atoms with Crippen LogP contribution in [0.15, 0.2) is 36.4 Å². The molecule has 3 aliphatic rings. The van der Waals surface area contributed by atoms with Crippen molar-refractivity contribution in [3.63, 3.8) is 0 Å². The maximum absolute atomic E-state index is 13.5. The van der Waals surface area contributed by atoms with Crippen molar-refractivity contribution in [3.05, 3.63) is 58.7 Å². The molecule has 36 heavy (non-hydrogen) atoms. The molecule has 186 valence electrons. The number of carboxylic acid groups (broad SMARTS) is 1. The maximum Gasteiger partial charge on any atom is 0.491 e. The van der Waals surface area contributed by atoms with Crippen LogP contribution in [0.25, 0.3) is 0 Å². The second-order valence-corrected chi connectivity index (χ2v) is 9.41. The standard InChI is InChI=1S/C24H26B2N2O8/c29-22(30)11-28(24(32)15-6-8-17-13-36-26(34)19(17)10-15)21-4-2-1-3-20(21)27-23(31)14-5-7-16-12-35-25(33)18(16)9-14/h5-10,20-21,33-34H,1-4,11-13H2,(H,27,31)(H,29,30)/t20-,21?/m0/s1. The van der Waals surface area contributed by atoms with Crippen LogP contribution in [0.2, 0.25) is 0 Å². The van der Waals surface area contributed by atoms with Crippen molar-refractivity contribution in [1.29, 1.82) is 0 Å². The molecule has 4 N–H and O–H groups in total. The number of hydrogen-bond donors (Lipinski definition) is 4. The molecule has 10 nitrogen and oxygen atoms in total. The molecular weight excluding hydrogens is 466 g/mol. The van der Waals surface area contributed by atoms with Gasteiger partial charge in [-0.15, -0.1) is 0 Å². The Hall–Kier alpha value is -3.18. The van der Waals surface area contributed by atoms with E-state index in [0.29, 0.717) is 29.3 Å². The Morgan fingerprint density at radius 1 is 0.917 bits per heavy atom. The Morgan fingerprint density at radius 3 is 2.14 bits per heavy atom. The van der Waals surface area contributed by atoms with Crippen LogP contribution in [0.3, 0.4) is 0 Å². The molecule has 1 aliphatic carbocycles. The minimum absolute atomic E-state index is 0.242. The number of fused-ring (bicyclic) bond motifs is 2. The molecule has 12 heteroatoms. The van der Waals surface area contributed by atoms with Crippen LogP contribution in [-0.4, -0.2) is 70.7 Å². The van der Waals surface area contributed by atoms with Gasteiger partial charge in [-0.25, -0.2) is 0 Å². The number of carbonyl (C=O) groups is 3. The summed E-state index contributed by atoms with van der Waals surface area (Å²) in [5, 5.41) is 32.6. The molecule has 2 aromatic rings. The van der Waals surface area contributed by atoms with Crippen molar-refractivity contribution in [1.82, 2.24) is 10.2 Å². The van der Waals surface area contributed by atoms with E-state index in [9.17, 15) is 29.5 Å². The van der Waals surface area contributed by atoms with Gasteiger partial charge >= 0.3 is 20.2 Å². The minimum atomic E-state index is -1.16. The van der Waals surface area contributed by atoms with Crippen LogP contribution in [0.1, 0.15) is 57.5 Å². The predicted octanol–water partition coefficient (Wildman–Crippen LogP) is -0.610. The molecule has 2 heterocycles. The molecule has 2 amide bonds. The summed E-state index contributed by atoms with van der Waals surface area (Å²) in [4.78, 5) is 39.7. The molecule has 2 aliphatic heterocycles. The van der Waals surface area contributed by atoms with E-state index in [0.717, 1.165) is 24.0 Å². The zero-order chi connectivity index (χ0) is 25.4. The second kappa shape index (κ2) is 10.1. The Bertz CT molecular complexity index is 1210. The van der Waals surface area contributed by atoms with Gasteiger partial charge in [0.05, 0.1) is 19.3 Å². The molecule has 1 fully saturated rings. The zero-order valence-corrected chi connectivity index (χ0v) is 19.6. The lowest BCUT2D eigenvalue weighted by Crippen LogP contribution is -2.56. The molecule has 0 saturated heterocycles. The van der Waals surface area contributed by atoms with Crippen molar-refractivity contribution in [2.24, 2.45) is 0 Å². The number of amides is 2. The van der Waals surface area contributed by atoms with Crippen LogP contribution < -0.4 is 16.2 Å². The number of nitrogens with zero attached hydrogens (tertiary/aromatic N) is 1. The summed E-state index contributed by atoms with van der Waals surface area (Å²) in [6, 6.07) is 8.86. The zero-order valence-electron chi connectivity index (χ0n) is 19.6. The summed E-state index contributed by atoms with van der Waals surface area (Å²) in [6.45, 7) is 0.00196.